The maximum Gasteiger partial charge on any atom is 0.273 e. The lowest BCUT2D eigenvalue weighted by atomic mass is 9.90. The van der Waals surface area contributed by atoms with Gasteiger partial charge in [-0.15, -0.1) is 0 Å². The van der Waals surface area contributed by atoms with Crippen molar-refractivity contribution in [3.05, 3.63) is 36.0 Å². The Labute approximate surface area is 123 Å². The molecule has 4 heteroatoms. The molecule has 1 aromatic carbocycles. The van der Waals surface area contributed by atoms with Crippen molar-refractivity contribution in [2.24, 2.45) is 22.9 Å². The van der Waals surface area contributed by atoms with E-state index in [2.05, 4.69) is 15.5 Å². The number of para-hydroxylation sites is 1. The Morgan fingerprint density at radius 3 is 3.00 bits per heavy atom. The minimum Gasteiger partial charge on any atom is -0.360 e. The number of hydrogen-bond acceptors (Lipinski definition) is 2. The summed E-state index contributed by atoms with van der Waals surface area (Å²) in [4.78, 5) is 15.3. The summed E-state index contributed by atoms with van der Waals surface area (Å²) in [5, 5.41) is 5.13. The first-order valence-corrected chi connectivity index (χ1v) is 7.71. The molecule has 4 rings (SSSR count). The van der Waals surface area contributed by atoms with Gasteiger partial charge in [0.1, 0.15) is 0 Å². The summed E-state index contributed by atoms with van der Waals surface area (Å²) >= 11 is 0. The Morgan fingerprint density at radius 2 is 2.19 bits per heavy atom. The van der Waals surface area contributed by atoms with Gasteiger partial charge in [0, 0.05) is 23.3 Å². The van der Waals surface area contributed by atoms with E-state index in [4.69, 9.17) is 0 Å². The molecule has 3 atom stereocenters. The number of carbonyl (C=O) groups is 1. The van der Waals surface area contributed by atoms with Gasteiger partial charge >= 0.3 is 0 Å². The summed E-state index contributed by atoms with van der Waals surface area (Å²) in [5.74, 6) is 2.11. The number of aromatic amines is 1. The molecule has 2 bridgehead atoms. The third-order valence-corrected chi connectivity index (χ3v) is 5.06. The highest BCUT2D eigenvalue weighted by molar-refractivity contribution is 6.06. The van der Waals surface area contributed by atoms with Gasteiger partial charge in [-0.3, -0.25) is 4.79 Å². The molecule has 108 valence electrons. The summed E-state index contributed by atoms with van der Waals surface area (Å²) in [5.41, 5.74) is 4.29. The van der Waals surface area contributed by atoms with Crippen LogP contribution in [0, 0.1) is 17.8 Å². The summed E-state index contributed by atoms with van der Waals surface area (Å²) < 4.78 is 0. The fourth-order valence-electron chi connectivity index (χ4n) is 3.99. The molecule has 2 saturated carbocycles. The third kappa shape index (κ3) is 2.24. The maximum atomic E-state index is 12.2. The zero-order valence-corrected chi connectivity index (χ0v) is 11.9. The van der Waals surface area contributed by atoms with Crippen LogP contribution in [0.25, 0.3) is 10.9 Å². The molecule has 1 aromatic heterocycles. The highest BCUT2D eigenvalue weighted by Crippen LogP contribution is 2.47. The lowest BCUT2D eigenvalue weighted by Gasteiger charge is -2.16. The number of benzene rings is 1. The topological polar surface area (TPSA) is 57.2 Å². The fraction of sp³-hybridized carbons (Fsp3) is 0.412. The third-order valence-electron chi connectivity index (χ3n) is 5.06. The molecule has 2 aromatic rings. The van der Waals surface area contributed by atoms with E-state index in [1.807, 2.05) is 30.5 Å². The number of amides is 1. The second-order valence-corrected chi connectivity index (χ2v) is 6.31. The van der Waals surface area contributed by atoms with Crippen LogP contribution in [-0.2, 0) is 0 Å². The zero-order valence-electron chi connectivity index (χ0n) is 11.9. The Kier molecular flexibility index (Phi) is 3.02. The number of nitrogens with one attached hydrogen (secondary N) is 2. The Bertz CT molecular complexity index is 703. The van der Waals surface area contributed by atoms with E-state index in [0.29, 0.717) is 11.5 Å². The van der Waals surface area contributed by atoms with Crippen LogP contribution >= 0.6 is 0 Å². The number of fused-ring (bicyclic) bond motifs is 3. The average Bonchev–Trinajstić information content (AvgIpc) is 3.21. The second kappa shape index (κ2) is 5.02. The van der Waals surface area contributed by atoms with Gasteiger partial charge in [0.05, 0.1) is 5.56 Å². The molecule has 2 N–H and O–H groups in total. The van der Waals surface area contributed by atoms with Crippen molar-refractivity contribution in [1.82, 2.24) is 10.4 Å². The predicted molar refractivity (Wildman–Crippen MR) is 83.2 cm³/mol. The van der Waals surface area contributed by atoms with Gasteiger partial charge < -0.3 is 4.98 Å². The van der Waals surface area contributed by atoms with Gasteiger partial charge in [-0.2, -0.15) is 5.10 Å². The number of nitrogens with zero attached hydrogens (tertiary/aromatic N) is 1. The van der Waals surface area contributed by atoms with Crippen molar-refractivity contribution in [1.29, 1.82) is 0 Å². The van der Waals surface area contributed by atoms with Gasteiger partial charge in [-0.05, 0) is 43.1 Å². The summed E-state index contributed by atoms with van der Waals surface area (Å²) in [7, 11) is 0. The first-order chi connectivity index (χ1) is 10.3. The molecule has 1 heterocycles. The van der Waals surface area contributed by atoms with Crippen molar-refractivity contribution < 1.29 is 4.79 Å². The highest BCUT2D eigenvalue weighted by Gasteiger charge is 2.38. The van der Waals surface area contributed by atoms with Crippen LogP contribution in [-0.4, -0.2) is 17.1 Å². The van der Waals surface area contributed by atoms with Crippen LogP contribution in [0.4, 0.5) is 0 Å². The summed E-state index contributed by atoms with van der Waals surface area (Å²) in [6.07, 6.45) is 9.02. The SMILES string of the molecule is O=C(N/N=C\[C@@H]1C[C@@H]2CC[C@H]1C2)c1c[nH]c2ccccc12. The van der Waals surface area contributed by atoms with Gasteiger partial charge in [0.25, 0.3) is 5.91 Å². The van der Waals surface area contributed by atoms with E-state index in [1.165, 1.54) is 25.7 Å². The molecule has 21 heavy (non-hydrogen) atoms. The molecular formula is C17H19N3O. The van der Waals surface area contributed by atoms with E-state index in [0.717, 1.165) is 22.7 Å². The van der Waals surface area contributed by atoms with Crippen LogP contribution in [0.15, 0.2) is 35.6 Å². The zero-order chi connectivity index (χ0) is 14.2. The molecule has 2 aliphatic rings. The molecule has 0 radical (unpaired) electrons. The number of rotatable bonds is 3. The minimum atomic E-state index is -0.146. The van der Waals surface area contributed by atoms with Crippen LogP contribution < -0.4 is 5.43 Å². The lowest BCUT2D eigenvalue weighted by molar-refractivity contribution is 0.0956. The molecule has 4 nitrogen and oxygen atoms in total. The molecule has 0 spiro atoms. The van der Waals surface area contributed by atoms with Crippen molar-refractivity contribution in [2.45, 2.75) is 25.7 Å². The van der Waals surface area contributed by atoms with E-state index in [9.17, 15) is 4.79 Å². The van der Waals surface area contributed by atoms with Crippen LogP contribution in [0.3, 0.4) is 0 Å². The molecule has 2 aliphatic carbocycles. The van der Waals surface area contributed by atoms with Gasteiger partial charge in [0.15, 0.2) is 0 Å². The molecule has 0 saturated heterocycles. The normalized spacial score (nSPS) is 27.7. The van der Waals surface area contributed by atoms with E-state index in [1.54, 1.807) is 6.20 Å². The number of hydrogen-bond donors (Lipinski definition) is 2. The molecule has 2 fully saturated rings. The monoisotopic (exact) mass is 281 g/mol. The Morgan fingerprint density at radius 1 is 1.29 bits per heavy atom. The molecule has 0 unspecified atom stereocenters. The smallest absolute Gasteiger partial charge is 0.273 e. The van der Waals surface area contributed by atoms with E-state index in [-0.39, 0.29) is 5.91 Å². The summed E-state index contributed by atoms with van der Waals surface area (Å²) in [6, 6.07) is 7.80. The van der Waals surface area contributed by atoms with Gasteiger partial charge in [-0.25, -0.2) is 5.43 Å². The maximum absolute atomic E-state index is 12.2. The average molecular weight is 281 g/mol. The minimum absolute atomic E-state index is 0.146. The van der Waals surface area contributed by atoms with Crippen LogP contribution in [0.2, 0.25) is 0 Å². The van der Waals surface area contributed by atoms with Gasteiger partial charge in [-0.1, -0.05) is 24.6 Å². The van der Waals surface area contributed by atoms with Gasteiger partial charge in [0.2, 0.25) is 0 Å². The largest absolute Gasteiger partial charge is 0.360 e. The first kappa shape index (κ1) is 12.6. The first-order valence-electron chi connectivity index (χ1n) is 7.71. The van der Waals surface area contributed by atoms with E-state index < -0.39 is 0 Å². The fourth-order valence-corrected chi connectivity index (χ4v) is 3.99. The Hall–Kier alpha value is -2.10. The second-order valence-electron chi connectivity index (χ2n) is 6.31. The van der Waals surface area contributed by atoms with Crippen molar-refractivity contribution in [3.63, 3.8) is 0 Å². The number of aromatic nitrogens is 1. The van der Waals surface area contributed by atoms with Crippen LogP contribution in [0.5, 0.6) is 0 Å². The predicted octanol–water partition coefficient (Wildman–Crippen LogP) is 3.32. The van der Waals surface area contributed by atoms with Crippen molar-refractivity contribution in [2.75, 3.05) is 0 Å². The number of H-pyrrole nitrogens is 1. The van der Waals surface area contributed by atoms with Crippen LogP contribution in [0.1, 0.15) is 36.0 Å². The lowest BCUT2D eigenvalue weighted by Crippen LogP contribution is -2.19. The summed E-state index contributed by atoms with van der Waals surface area (Å²) in [6.45, 7) is 0. The quantitative estimate of drug-likeness (QED) is 0.658. The number of hydrazone groups is 1. The highest BCUT2D eigenvalue weighted by atomic mass is 16.2. The Balaban J connectivity index is 1.44. The molecule has 0 aliphatic heterocycles. The number of carbonyl (C=O) groups excluding carboxylic acids is 1. The van der Waals surface area contributed by atoms with E-state index >= 15 is 0 Å². The molecule has 1 amide bonds. The molecular weight excluding hydrogens is 262 g/mol. The van der Waals surface area contributed by atoms with Crippen molar-refractivity contribution >= 4 is 23.0 Å². The van der Waals surface area contributed by atoms with Crippen molar-refractivity contribution in [3.8, 4) is 0 Å². The standard InChI is InChI=1S/C17H19N3O/c21-17(15-10-18-16-4-2-1-3-14(15)16)20-19-9-13-8-11-5-6-12(13)7-11/h1-4,9-13,18H,5-8H2,(H,20,21)/b19-9-/t11-,12+,13+/m1/s1.